The van der Waals surface area contributed by atoms with Crippen molar-refractivity contribution in [1.82, 2.24) is 24.7 Å². The molecule has 0 spiro atoms. The summed E-state index contributed by atoms with van der Waals surface area (Å²) in [5.74, 6) is -3.10. The molecule has 0 amide bonds. The topological polar surface area (TPSA) is 142 Å². The maximum Gasteiger partial charge on any atom is 0.422 e. The summed E-state index contributed by atoms with van der Waals surface area (Å²) in [6, 6.07) is 4.27. The summed E-state index contributed by atoms with van der Waals surface area (Å²) in [4.78, 5) is 11.7. The Bertz CT molecular complexity index is 1690. The molecule has 1 N–H and O–H groups in total. The lowest BCUT2D eigenvalue weighted by atomic mass is 10.1. The maximum absolute atomic E-state index is 13.5. The lowest BCUT2D eigenvalue weighted by molar-refractivity contribution is -0.155. The zero-order chi connectivity index (χ0) is 29.9. The Morgan fingerprint density at radius 2 is 1.85 bits per heavy atom. The molecular weight excluding hydrogens is 572 g/mol. The van der Waals surface area contributed by atoms with Crippen LogP contribution in [0.4, 0.5) is 17.6 Å². The molecule has 0 saturated carbocycles. The van der Waals surface area contributed by atoms with Crippen molar-refractivity contribution in [3.8, 4) is 17.2 Å². The second-order valence-corrected chi connectivity index (χ2v) is 11.1. The molecule has 1 aliphatic heterocycles. The first-order chi connectivity index (χ1) is 19.3. The van der Waals surface area contributed by atoms with Crippen LogP contribution in [0.15, 0.2) is 53.1 Å². The number of aromatic hydroxyl groups is 1. The third kappa shape index (κ3) is 6.62. The number of rotatable bonds is 9. The number of hydrogen-bond donors (Lipinski definition) is 1. The highest BCUT2D eigenvalue weighted by atomic mass is 32.2. The Kier molecular flexibility index (Phi) is 8.29. The fourth-order valence-corrected chi connectivity index (χ4v) is 5.31. The fraction of sp³-hybridized carbons (Fsp3) is 0.320. The summed E-state index contributed by atoms with van der Waals surface area (Å²) in [5.41, 5.74) is 4.82. The molecule has 3 aromatic rings. The fourth-order valence-electron chi connectivity index (χ4n) is 3.76. The SMILES string of the molecule is COc1cccc(O)c1-n1c(CS(=O)(=O)[C@@H](C)[C@H](C)c2ncc(F)cn2)nnc1C1=C=C=CC(OCC(F)(F)F)=N1. The van der Waals surface area contributed by atoms with Crippen LogP contribution in [0, 0.1) is 5.82 Å². The first-order valence-electron chi connectivity index (χ1n) is 11.8. The van der Waals surface area contributed by atoms with E-state index in [-0.39, 0.29) is 40.4 Å². The van der Waals surface area contributed by atoms with Crippen LogP contribution < -0.4 is 4.74 Å². The molecule has 11 nitrogen and oxygen atoms in total. The lowest BCUT2D eigenvalue weighted by Crippen LogP contribution is -2.27. The Hall–Kier alpha value is -4.52. The number of nitrogens with zero attached hydrogens (tertiary/aromatic N) is 6. The summed E-state index contributed by atoms with van der Waals surface area (Å²) < 4.78 is 89.5. The molecule has 0 fully saturated rings. The van der Waals surface area contributed by atoms with Crippen molar-refractivity contribution in [2.45, 2.75) is 36.9 Å². The van der Waals surface area contributed by atoms with E-state index in [2.05, 4.69) is 36.6 Å². The van der Waals surface area contributed by atoms with Gasteiger partial charge in [-0.25, -0.2) is 27.8 Å². The highest BCUT2D eigenvalue weighted by Crippen LogP contribution is 2.36. The van der Waals surface area contributed by atoms with Crippen LogP contribution >= 0.6 is 0 Å². The molecule has 1 aliphatic rings. The minimum Gasteiger partial charge on any atom is -0.506 e. The standard InChI is InChI=1S/C25H22F4N6O5S/c1-14(23-30-10-16(26)11-31-23)15(2)41(37,38)12-20-33-34-24(35(20)22-18(36)7-5-8-19(22)39-3)17-6-4-9-21(32-17)40-13-25(27,28)29/h5,7-11,14-15,36H,12-13H2,1-3H3/t14-,15-/m0/s1. The summed E-state index contributed by atoms with van der Waals surface area (Å²) in [6.07, 6.45) is -1.74. The number of alkyl halides is 3. The monoisotopic (exact) mass is 594 g/mol. The van der Waals surface area contributed by atoms with Crippen molar-refractivity contribution in [3.63, 3.8) is 0 Å². The summed E-state index contributed by atoms with van der Waals surface area (Å²) in [6.45, 7) is 1.38. The van der Waals surface area contributed by atoms with Crippen molar-refractivity contribution in [3.05, 3.63) is 71.4 Å². The largest absolute Gasteiger partial charge is 0.506 e. The summed E-state index contributed by atoms with van der Waals surface area (Å²) in [7, 11) is -2.73. The molecule has 4 rings (SSSR count). The number of methoxy groups -OCH3 is 1. The van der Waals surface area contributed by atoms with Gasteiger partial charge in [0, 0.05) is 5.92 Å². The average Bonchev–Trinajstić information content (AvgIpc) is 3.33. The molecule has 1 aromatic carbocycles. The minimum absolute atomic E-state index is 0.0559. The first-order valence-corrected chi connectivity index (χ1v) is 13.5. The number of phenolic OH excluding ortho intramolecular Hbond substituents is 1. The van der Waals surface area contributed by atoms with Gasteiger partial charge in [-0.05, 0) is 24.8 Å². The van der Waals surface area contributed by atoms with Gasteiger partial charge in [0.25, 0.3) is 0 Å². The Labute approximate surface area is 231 Å². The number of phenols is 1. The van der Waals surface area contributed by atoms with Crippen LogP contribution in [0.2, 0.25) is 0 Å². The number of halogens is 4. The van der Waals surface area contributed by atoms with Crippen molar-refractivity contribution >= 4 is 21.4 Å². The molecule has 2 atom stereocenters. The number of para-hydroxylation sites is 1. The van der Waals surface area contributed by atoms with Crippen molar-refractivity contribution < 1.29 is 40.6 Å². The predicted octanol–water partition coefficient (Wildman–Crippen LogP) is 3.66. The number of hydrogen-bond acceptors (Lipinski definition) is 10. The number of sulfone groups is 1. The molecule has 0 bridgehead atoms. The molecule has 2 aromatic heterocycles. The van der Waals surface area contributed by atoms with Gasteiger partial charge in [-0.3, -0.25) is 4.57 Å². The minimum atomic E-state index is -4.63. The van der Waals surface area contributed by atoms with Gasteiger partial charge >= 0.3 is 6.18 Å². The molecule has 0 radical (unpaired) electrons. The van der Waals surface area contributed by atoms with Crippen molar-refractivity contribution in [2.75, 3.05) is 13.7 Å². The van der Waals surface area contributed by atoms with E-state index in [1.54, 1.807) is 6.92 Å². The molecule has 16 heteroatoms. The molecule has 0 aliphatic carbocycles. The predicted molar refractivity (Wildman–Crippen MR) is 137 cm³/mol. The third-order valence-corrected chi connectivity index (χ3v) is 8.21. The lowest BCUT2D eigenvalue weighted by Gasteiger charge is -2.20. The van der Waals surface area contributed by atoms with E-state index >= 15 is 0 Å². The molecular formula is C25H22F4N6O5S. The van der Waals surface area contributed by atoms with E-state index in [0.717, 1.165) is 23.0 Å². The van der Waals surface area contributed by atoms with Gasteiger partial charge in [0.1, 0.15) is 28.8 Å². The highest BCUT2D eigenvalue weighted by Gasteiger charge is 2.34. The second kappa shape index (κ2) is 11.5. The average molecular weight is 595 g/mol. The normalized spacial score (nSPS) is 14.8. The van der Waals surface area contributed by atoms with Crippen LogP contribution in [0.1, 0.15) is 37.2 Å². The number of aliphatic imine (C=N–C) groups is 1. The van der Waals surface area contributed by atoms with Crippen molar-refractivity contribution in [2.24, 2.45) is 4.99 Å². The van der Waals surface area contributed by atoms with E-state index in [1.165, 1.54) is 32.2 Å². The van der Waals surface area contributed by atoms with Gasteiger partial charge in [-0.15, -0.1) is 10.2 Å². The number of benzene rings is 1. The van der Waals surface area contributed by atoms with Crippen LogP contribution in [0.5, 0.6) is 11.5 Å². The Morgan fingerprint density at radius 1 is 1.15 bits per heavy atom. The first kappa shape index (κ1) is 29.5. The van der Waals surface area contributed by atoms with Crippen LogP contribution in [-0.4, -0.2) is 69.3 Å². The van der Waals surface area contributed by atoms with E-state index in [9.17, 15) is 31.1 Å². The molecule has 0 saturated heterocycles. The Balaban J connectivity index is 1.78. The van der Waals surface area contributed by atoms with Crippen LogP contribution in [0.3, 0.4) is 0 Å². The molecule has 216 valence electrons. The van der Waals surface area contributed by atoms with Gasteiger partial charge in [0.15, 0.2) is 39.6 Å². The third-order valence-electron chi connectivity index (χ3n) is 6.00. The maximum atomic E-state index is 13.5. The molecule has 0 unspecified atom stereocenters. The molecule has 41 heavy (non-hydrogen) atoms. The van der Waals surface area contributed by atoms with Crippen molar-refractivity contribution in [1.29, 1.82) is 0 Å². The number of ether oxygens (including phenoxy) is 2. The van der Waals surface area contributed by atoms with E-state index in [4.69, 9.17) is 9.47 Å². The van der Waals surface area contributed by atoms with Gasteiger partial charge in [-0.2, -0.15) is 13.2 Å². The van der Waals surface area contributed by atoms with Gasteiger partial charge in [-0.1, -0.05) is 18.7 Å². The van der Waals surface area contributed by atoms with Gasteiger partial charge in [0.05, 0.1) is 30.8 Å². The van der Waals surface area contributed by atoms with Crippen LogP contribution in [0.25, 0.3) is 11.4 Å². The summed E-state index contributed by atoms with van der Waals surface area (Å²) >= 11 is 0. The number of aromatic nitrogens is 5. The van der Waals surface area contributed by atoms with E-state index in [0.29, 0.717) is 0 Å². The summed E-state index contributed by atoms with van der Waals surface area (Å²) in [5, 5.41) is 17.7. The zero-order valence-corrected chi connectivity index (χ0v) is 22.5. The zero-order valence-electron chi connectivity index (χ0n) is 21.7. The highest BCUT2D eigenvalue weighted by molar-refractivity contribution is 7.91. The smallest absolute Gasteiger partial charge is 0.422 e. The second-order valence-electron chi connectivity index (χ2n) is 8.78. The van der Waals surface area contributed by atoms with E-state index in [1.807, 2.05) is 0 Å². The molecule has 3 heterocycles. The Morgan fingerprint density at radius 3 is 2.51 bits per heavy atom. The van der Waals surface area contributed by atoms with Gasteiger partial charge < -0.3 is 14.6 Å². The van der Waals surface area contributed by atoms with Crippen LogP contribution in [-0.2, 0) is 20.3 Å². The quantitative estimate of drug-likeness (QED) is 0.290. The van der Waals surface area contributed by atoms with Gasteiger partial charge in [0.2, 0.25) is 5.90 Å². The van der Waals surface area contributed by atoms with E-state index < -0.39 is 51.3 Å².